The second kappa shape index (κ2) is 10.2. The second-order valence-electron chi connectivity index (χ2n) is 8.89. The van der Waals surface area contributed by atoms with Crippen molar-refractivity contribution in [3.8, 4) is 5.75 Å². The number of rotatable bonds is 8. The van der Waals surface area contributed by atoms with Gasteiger partial charge in [0, 0.05) is 23.2 Å². The monoisotopic (exact) mass is 548 g/mol. The Morgan fingerprint density at radius 2 is 1.95 bits per heavy atom. The molecule has 200 valence electrons. The van der Waals surface area contributed by atoms with Crippen LogP contribution in [0, 0.1) is 19.7 Å². The molecule has 2 N–H and O–H groups in total. The summed E-state index contributed by atoms with van der Waals surface area (Å²) in [5.74, 6) is 3.71. The van der Waals surface area contributed by atoms with Gasteiger partial charge >= 0.3 is 0 Å². The number of aromatic nitrogens is 4. The molecular weight excluding hydrogens is 523 g/mol. The van der Waals surface area contributed by atoms with E-state index in [4.69, 9.17) is 9.26 Å². The van der Waals surface area contributed by atoms with E-state index in [1.165, 1.54) is 35.2 Å². The van der Waals surface area contributed by atoms with Gasteiger partial charge in [-0.15, -0.1) is 0 Å². The number of benzene rings is 2. The summed E-state index contributed by atoms with van der Waals surface area (Å²) in [5, 5.41) is 11.2. The molecule has 3 heterocycles. The summed E-state index contributed by atoms with van der Waals surface area (Å²) in [6.07, 6.45) is 2.28. The summed E-state index contributed by atoms with van der Waals surface area (Å²) in [7, 11) is -3.09. The van der Waals surface area contributed by atoms with Gasteiger partial charge in [0.1, 0.15) is 23.4 Å². The Bertz CT molecular complexity index is 1780. The van der Waals surface area contributed by atoms with Crippen LogP contribution >= 0.6 is 0 Å². The molecule has 0 saturated carbocycles. The van der Waals surface area contributed by atoms with Crippen molar-refractivity contribution < 1.29 is 22.7 Å². The highest BCUT2D eigenvalue weighted by atomic mass is 32.2. The first kappa shape index (κ1) is 25.9. The maximum atomic E-state index is 14.2. The number of hydrogen-bond acceptors (Lipinski definition) is 8. The van der Waals surface area contributed by atoms with Gasteiger partial charge in [-0.25, -0.2) is 18.1 Å². The Hall–Kier alpha value is -4.71. The number of carbonyl (C=O) groups is 1. The van der Waals surface area contributed by atoms with Crippen molar-refractivity contribution in [1.29, 1.82) is 0 Å². The molecule has 1 amide bonds. The molecule has 0 spiro atoms. The highest BCUT2D eigenvalue weighted by molar-refractivity contribution is 7.99. The lowest BCUT2D eigenvalue weighted by Gasteiger charge is -2.17. The fourth-order valence-corrected chi connectivity index (χ4v) is 5.16. The SMILES string of the molecule is C=S(=O)(NC(=O)c1cn2ncnc(Nc3ccc(F)cc3OC(C)c3cc(C)no3)c2c1C)c1ccccc1. The molecule has 2 aromatic carbocycles. The van der Waals surface area contributed by atoms with E-state index in [2.05, 4.69) is 31.1 Å². The van der Waals surface area contributed by atoms with Crippen molar-refractivity contribution in [2.45, 2.75) is 31.8 Å². The minimum atomic E-state index is -3.09. The van der Waals surface area contributed by atoms with Gasteiger partial charge in [-0.1, -0.05) is 23.4 Å². The molecule has 0 radical (unpaired) electrons. The standard InChI is InChI=1S/C27H25FN6O4S/c1-16-12-23(38-32-16)18(3)37-24-13-19(28)10-11-22(24)31-26-25-17(2)21(14-34(25)30-15-29-26)27(35)33-39(4,36)20-8-6-5-7-9-20/h5-15,18H,4H2,1-3H3,(H,29,30,31)(H,33,35,36). The number of amides is 1. The second-order valence-corrected chi connectivity index (χ2v) is 10.9. The summed E-state index contributed by atoms with van der Waals surface area (Å²) < 4.78 is 42.6. The Balaban J connectivity index is 1.46. The lowest BCUT2D eigenvalue weighted by molar-refractivity contribution is 0.0982. The van der Waals surface area contributed by atoms with Gasteiger partial charge < -0.3 is 14.6 Å². The molecule has 0 saturated heterocycles. The average molecular weight is 549 g/mol. The van der Waals surface area contributed by atoms with E-state index in [9.17, 15) is 13.4 Å². The van der Waals surface area contributed by atoms with Crippen LogP contribution in [0.2, 0.25) is 0 Å². The summed E-state index contributed by atoms with van der Waals surface area (Å²) in [6.45, 7) is 5.28. The zero-order valence-corrected chi connectivity index (χ0v) is 22.2. The zero-order valence-electron chi connectivity index (χ0n) is 21.3. The third-order valence-corrected chi connectivity index (χ3v) is 7.55. The van der Waals surface area contributed by atoms with Crippen molar-refractivity contribution >= 4 is 38.5 Å². The fourth-order valence-electron chi connectivity index (χ4n) is 4.03. The molecule has 0 aliphatic carbocycles. The smallest absolute Gasteiger partial charge is 0.264 e. The van der Waals surface area contributed by atoms with E-state index < -0.39 is 27.5 Å². The van der Waals surface area contributed by atoms with Crippen molar-refractivity contribution in [2.24, 2.45) is 0 Å². The summed E-state index contributed by atoms with van der Waals surface area (Å²) in [6, 6.07) is 14.3. The summed E-state index contributed by atoms with van der Waals surface area (Å²) >= 11 is 0. The molecule has 5 rings (SSSR count). The van der Waals surface area contributed by atoms with Gasteiger partial charge in [0.05, 0.1) is 26.7 Å². The van der Waals surface area contributed by atoms with Crippen LogP contribution in [0.4, 0.5) is 15.9 Å². The molecule has 2 unspecified atom stereocenters. The minimum absolute atomic E-state index is 0.218. The van der Waals surface area contributed by atoms with E-state index in [0.29, 0.717) is 38.9 Å². The molecule has 5 aromatic rings. The maximum absolute atomic E-state index is 14.2. The first-order valence-electron chi connectivity index (χ1n) is 11.9. The highest BCUT2D eigenvalue weighted by Crippen LogP contribution is 2.34. The number of nitrogens with zero attached hydrogens (tertiary/aromatic N) is 4. The van der Waals surface area contributed by atoms with E-state index in [0.717, 1.165) is 0 Å². The topological polar surface area (TPSA) is 124 Å². The van der Waals surface area contributed by atoms with Crippen LogP contribution in [0.1, 0.15) is 40.4 Å². The van der Waals surface area contributed by atoms with Crippen LogP contribution in [0.25, 0.3) is 5.52 Å². The largest absolute Gasteiger partial charge is 0.480 e. The predicted octanol–water partition coefficient (Wildman–Crippen LogP) is 4.78. The molecule has 0 fully saturated rings. The summed E-state index contributed by atoms with van der Waals surface area (Å²) in [5.41, 5.74) is 2.40. The lowest BCUT2D eigenvalue weighted by atomic mass is 10.2. The lowest BCUT2D eigenvalue weighted by Crippen LogP contribution is -2.30. The van der Waals surface area contributed by atoms with E-state index in [1.807, 2.05) is 0 Å². The molecule has 3 aromatic heterocycles. The normalized spacial score (nSPS) is 13.5. The van der Waals surface area contributed by atoms with Crippen LogP contribution in [0.5, 0.6) is 5.75 Å². The minimum Gasteiger partial charge on any atom is -0.480 e. The van der Waals surface area contributed by atoms with Crippen LogP contribution < -0.4 is 14.8 Å². The number of nitrogens with one attached hydrogen (secondary N) is 2. The number of hydrogen-bond donors (Lipinski definition) is 2. The van der Waals surface area contributed by atoms with E-state index in [-0.39, 0.29) is 11.3 Å². The third-order valence-electron chi connectivity index (χ3n) is 6.00. The number of halogens is 1. The number of anilines is 2. The van der Waals surface area contributed by atoms with E-state index in [1.54, 1.807) is 57.2 Å². The fraction of sp³-hybridized carbons (Fsp3) is 0.148. The average Bonchev–Trinajstić information content (AvgIpc) is 3.49. The molecule has 39 heavy (non-hydrogen) atoms. The molecule has 2 atom stereocenters. The van der Waals surface area contributed by atoms with Gasteiger partial charge in [-0.2, -0.15) is 5.10 Å². The first-order valence-corrected chi connectivity index (χ1v) is 13.6. The molecule has 0 aliphatic heterocycles. The Kier molecular flexibility index (Phi) is 6.79. The molecule has 0 aliphatic rings. The van der Waals surface area contributed by atoms with Crippen LogP contribution in [0.15, 0.2) is 76.5 Å². The quantitative estimate of drug-likeness (QED) is 0.266. The van der Waals surface area contributed by atoms with Gasteiger partial charge in [0.15, 0.2) is 17.7 Å². The van der Waals surface area contributed by atoms with Crippen LogP contribution in [-0.4, -0.2) is 35.7 Å². The van der Waals surface area contributed by atoms with Crippen molar-refractivity contribution in [1.82, 2.24) is 24.5 Å². The number of ether oxygens (including phenoxy) is 1. The Morgan fingerprint density at radius 1 is 1.18 bits per heavy atom. The molecular formula is C27H25FN6O4S. The van der Waals surface area contributed by atoms with Crippen molar-refractivity contribution in [3.63, 3.8) is 0 Å². The van der Waals surface area contributed by atoms with E-state index >= 15 is 0 Å². The van der Waals surface area contributed by atoms with Crippen molar-refractivity contribution in [3.05, 3.63) is 95.5 Å². The molecule has 0 bridgehead atoms. The van der Waals surface area contributed by atoms with Gasteiger partial charge in [-0.05, 0) is 56.5 Å². The predicted molar refractivity (Wildman–Crippen MR) is 145 cm³/mol. The van der Waals surface area contributed by atoms with Gasteiger partial charge in [-0.3, -0.25) is 9.52 Å². The van der Waals surface area contributed by atoms with Crippen molar-refractivity contribution in [2.75, 3.05) is 5.32 Å². The number of fused-ring (bicyclic) bond motifs is 1. The highest BCUT2D eigenvalue weighted by Gasteiger charge is 2.22. The number of carbonyl (C=O) groups excluding carboxylic acids is 1. The summed E-state index contributed by atoms with van der Waals surface area (Å²) in [4.78, 5) is 17.9. The third kappa shape index (κ3) is 5.32. The number of aryl methyl sites for hydroxylation is 2. The van der Waals surface area contributed by atoms with Gasteiger partial charge in [0.2, 0.25) is 0 Å². The zero-order chi connectivity index (χ0) is 27.7. The van der Waals surface area contributed by atoms with Crippen LogP contribution in [0.3, 0.4) is 0 Å². The molecule has 10 nitrogen and oxygen atoms in total. The van der Waals surface area contributed by atoms with Gasteiger partial charge in [0.25, 0.3) is 5.91 Å². The Labute approximate surface area is 224 Å². The maximum Gasteiger partial charge on any atom is 0.264 e. The Morgan fingerprint density at radius 3 is 2.67 bits per heavy atom. The van der Waals surface area contributed by atoms with Crippen LogP contribution in [-0.2, 0) is 9.71 Å². The first-order chi connectivity index (χ1) is 18.6. The molecule has 12 heteroatoms.